The minimum Gasteiger partial charge on any atom is -0.354 e. The Labute approximate surface area is 232 Å². The van der Waals surface area contributed by atoms with Gasteiger partial charge in [0.2, 0.25) is 11.9 Å². The summed E-state index contributed by atoms with van der Waals surface area (Å²) in [5.41, 5.74) is 3.60. The third-order valence-corrected chi connectivity index (χ3v) is 7.01. The number of anilines is 1. The molecule has 1 amide bonds. The fraction of sp³-hybridized carbons (Fsp3) is 0.345. The predicted molar refractivity (Wildman–Crippen MR) is 155 cm³/mol. The number of aryl methyl sites for hydroxylation is 1. The van der Waals surface area contributed by atoms with E-state index < -0.39 is 0 Å². The van der Waals surface area contributed by atoms with E-state index in [1.807, 2.05) is 43.3 Å². The first-order valence-electron chi connectivity index (χ1n) is 13.2. The summed E-state index contributed by atoms with van der Waals surface area (Å²) in [6.07, 6.45) is 1.68. The number of amides is 1. The van der Waals surface area contributed by atoms with Crippen LogP contribution in [0.4, 0.5) is 5.95 Å². The zero-order valence-corrected chi connectivity index (χ0v) is 23.1. The van der Waals surface area contributed by atoms with Gasteiger partial charge in [0.15, 0.2) is 0 Å². The summed E-state index contributed by atoms with van der Waals surface area (Å²) in [5.74, 6) is 0.683. The standard InChI is InChI=1S/C29H32ClN7O2/c1-18(2)15-32-29-33-16-21-13-23(22-8-7-20(14-24(22)30)25-6-4-5-19(3)34-25)28(39)37(27(21)35-29)17-26(38)36-11-9-31-10-12-36/h4-8,13-14,16,18,31H,9-12,15,17H2,1-3H3,(H,32,33,35). The molecule has 9 nitrogen and oxygen atoms in total. The fourth-order valence-corrected chi connectivity index (χ4v) is 4.91. The molecule has 1 aliphatic heterocycles. The molecule has 0 aliphatic carbocycles. The van der Waals surface area contributed by atoms with Crippen molar-refractivity contribution in [1.82, 2.24) is 29.7 Å². The summed E-state index contributed by atoms with van der Waals surface area (Å²) in [6, 6.07) is 13.1. The highest BCUT2D eigenvalue weighted by atomic mass is 35.5. The van der Waals surface area contributed by atoms with Crippen LogP contribution in [0.1, 0.15) is 19.5 Å². The number of nitrogens with zero attached hydrogens (tertiary/aromatic N) is 5. The third-order valence-electron chi connectivity index (χ3n) is 6.70. The normalized spacial score (nSPS) is 13.7. The number of rotatable bonds is 7. The SMILES string of the molecule is Cc1cccc(-c2ccc(-c3cc4cnc(NCC(C)C)nc4n(CC(=O)N4CCNCC4)c3=O)c(Cl)c2)n1. The molecule has 0 atom stereocenters. The number of halogens is 1. The lowest BCUT2D eigenvalue weighted by atomic mass is 10.0. The van der Waals surface area contributed by atoms with Crippen molar-refractivity contribution in [2.45, 2.75) is 27.3 Å². The van der Waals surface area contributed by atoms with Gasteiger partial charge in [-0.15, -0.1) is 0 Å². The molecular weight excluding hydrogens is 514 g/mol. The van der Waals surface area contributed by atoms with E-state index in [9.17, 15) is 9.59 Å². The van der Waals surface area contributed by atoms with Crippen LogP contribution in [0.15, 0.2) is 53.5 Å². The lowest BCUT2D eigenvalue weighted by Crippen LogP contribution is -2.48. The molecule has 4 aromatic rings. The molecule has 1 fully saturated rings. The summed E-state index contributed by atoms with van der Waals surface area (Å²) in [4.78, 5) is 42.7. The van der Waals surface area contributed by atoms with Gasteiger partial charge in [0.25, 0.3) is 5.56 Å². The molecule has 202 valence electrons. The lowest BCUT2D eigenvalue weighted by Gasteiger charge is -2.28. The van der Waals surface area contributed by atoms with Crippen molar-refractivity contribution in [3.63, 3.8) is 0 Å². The molecule has 0 spiro atoms. The van der Waals surface area contributed by atoms with E-state index in [0.29, 0.717) is 58.7 Å². The molecule has 1 saturated heterocycles. The average molecular weight is 546 g/mol. The molecule has 0 saturated carbocycles. The number of hydrogen-bond acceptors (Lipinski definition) is 7. The Morgan fingerprint density at radius 2 is 1.90 bits per heavy atom. The maximum atomic E-state index is 14.0. The summed E-state index contributed by atoms with van der Waals surface area (Å²) in [6.45, 7) is 9.33. The Morgan fingerprint density at radius 1 is 1.10 bits per heavy atom. The Balaban J connectivity index is 1.59. The maximum Gasteiger partial charge on any atom is 0.260 e. The lowest BCUT2D eigenvalue weighted by molar-refractivity contribution is -0.132. The number of pyridine rings is 2. The van der Waals surface area contributed by atoms with Gasteiger partial charge in [-0.25, -0.2) is 4.98 Å². The van der Waals surface area contributed by atoms with E-state index >= 15 is 0 Å². The first-order chi connectivity index (χ1) is 18.8. The second-order valence-electron chi connectivity index (χ2n) is 10.2. The quantitative estimate of drug-likeness (QED) is 0.362. The van der Waals surface area contributed by atoms with Crippen LogP contribution in [0.5, 0.6) is 0 Å². The molecule has 0 unspecified atom stereocenters. The molecule has 3 aromatic heterocycles. The zero-order valence-electron chi connectivity index (χ0n) is 22.4. The van der Waals surface area contributed by atoms with E-state index in [1.165, 1.54) is 4.57 Å². The predicted octanol–water partition coefficient (Wildman–Crippen LogP) is 3.98. The molecular formula is C29H32ClN7O2. The van der Waals surface area contributed by atoms with Gasteiger partial charge in [-0.1, -0.05) is 43.6 Å². The number of benzene rings is 1. The fourth-order valence-electron chi connectivity index (χ4n) is 4.63. The van der Waals surface area contributed by atoms with Crippen molar-refractivity contribution in [3.8, 4) is 22.4 Å². The Morgan fingerprint density at radius 3 is 2.62 bits per heavy atom. The van der Waals surface area contributed by atoms with Crippen LogP contribution in [0, 0.1) is 12.8 Å². The highest BCUT2D eigenvalue weighted by molar-refractivity contribution is 6.33. The van der Waals surface area contributed by atoms with Crippen LogP contribution in [0.25, 0.3) is 33.4 Å². The number of hydrogen-bond donors (Lipinski definition) is 2. The second-order valence-corrected chi connectivity index (χ2v) is 10.6. The smallest absolute Gasteiger partial charge is 0.260 e. The molecule has 5 rings (SSSR count). The van der Waals surface area contributed by atoms with Gasteiger partial charge in [-0.05, 0) is 37.1 Å². The third kappa shape index (κ3) is 5.94. The number of nitrogens with one attached hydrogen (secondary N) is 2. The van der Waals surface area contributed by atoms with Gasteiger partial charge < -0.3 is 15.5 Å². The summed E-state index contributed by atoms with van der Waals surface area (Å²) in [7, 11) is 0. The van der Waals surface area contributed by atoms with Crippen LogP contribution in [0.2, 0.25) is 5.02 Å². The van der Waals surface area contributed by atoms with E-state index in [4.69, 9.17) is 11.6 Å². The van der Waals surface area contributed by atoms with Gasteiger partial charge in [0, 0.05) is 71.7 Å². The average Bonchev–Trinajstić information content (AvgIpc) is 2.94. The van der Waals surface area contributed by atoms with Crippen molar-refractivity contribution < 1.29 is 4.79 Å². The van der Waals surface area contributed by atoms with Gasteiger partial charge in [-0.3, -0.25) is 19.1 Å². The van der Waals surface area contributed by atoms with Crippen molar-refractivity contribution in [2.24, 2.45) is 5.92 Å². The molecule has 0 bridgehead atoms. The molecule has 0 radical (unpaired) electrons. The summed E-state index contributed by atoms with van der Waals surface area (Å²) < 4.78 is 1.45. The first kappa shape index (κ1) is 26.8. The number of aromatic nitrogens is 4. The number of piperazine rings is 1. The van der Waals surface area contributed by atoms with Crippen LogP contribution in [-0.4, -0.2) is 63.0 Å². The van der Waals surface area contributed by atoms with Crippen molar-refractivity contribution in [2.75, 3.05) is 38.0 Å². The number of fused-ring (bicyclic) bond motifs is 1. The number of carbonyl (C=O) groups is 1. The van der Waals surface area contributed by atoms with Gasteiger partial charge >= 0.3 is 0 Å². The monoisotopic (exact) mass is 545 g/mol. The van der Waals surface area contributed by atoms with Gasteiger partial charge in [0.05, 0.1) is 5.69 Å². The van der Waals surface area contributed by atoms with Crippen LogP contribution < -0.4 is 16.2 Å². The van der Waals surface area contributed by atoms with E-state index in [1.54, 1.807) is 17.2 Å². The molecule has 10 heteroatoms. The van der Waals surface area contributed by atoms with Crippen LogP contribution in [0.3, 0.4) is 0 Å². The Kier molecular flexibility index (Phi) is 7.90. The second kappa shape index (κ2) is 11.5. The van der Waals surface area contributed by atoms with E-state index in [-0.39, 0.29) is 18.0 Å². The number of carbonyl (C=O) groups excluding carboxylic acids is 1. The summed E-state index contributed by atoms with van der Waals surface area (Å²) >= 11 is 6.75. The van der Waals surface area contributed by atoms with Crippen molar-refractivity contribution >= 4 is 34.5 Å². The zero-order chi connectivity index (χ0) is 27.5. The first-order valence-corrected chi connectivity index (χ1v) is 13.5. The molecule has 4 heterocycles. The molecule has 39 heavy (non-hydrogen) atoms. The van der Waals surface area contributed by atoms with Crippen molar-refractivity contribution in [3.05, 3.63) is 69.7 Å². The molecule has 1 aliphatic rings. The Bertz CT molecular complexity index is 1580. The van der Waals surface area contributed by atoms with E-state index in [2.05, 4.69) is 39.4 Å². The topological polar surface area (TPSA) is 105 Å². The van der Waals surface area contributed by atoms with Gasteiger partial charge in [0.1, 0.15) is 12.2 Å². The highest BCUT2D eigenvalue weighted by Gasteiger charge is 2.21. The van der Waals surface area contributed by atoms with Crippen LogP contribution in [-0.2, 0) is 11.3 Å². The minimum atomic E-state index is -0.331. The van der Waals surface area contributed by atoms with E-state index in [0.717, 1.165) is 30.0 Å². The largest absolute Gasteiger partial charge is 0.354 e. The minimum absolute atomic E-state index is 0.118. The Hall–Kier alpha value is -3.82. The van der Waals surface area contributed by atoms with Crippen LogP contribution >= 0.6 is 11.6 Å². The molecule has 2 N–H and O–H groups in total. The molecule has 1 aromatic carbocycles. The highest BCUT2D eigenvalue weighted by Crippen LogP contribution is 2.31. The maximum absolute atomic E-state index is 14.0. The van der Waals surface area contributed by atoms with Crippen molar-refractivity contribution in [1.29, 1.82) is 0 Å². The summed E-state index contributed by atoms with van der Waals surface area (Å²) in [5, 5.41) is 7.53. The van der Waals surface area contributed by atoms with Gasteiger partial charge in [-0.2, -0.15) is 4.98 Å².